The fraction of sp³-hybridized carbons (Fsp3) is 0.100. The molecule has 2 aliphatic rings. The summed E-state index contributed by atoms with van der Waals surface area (Å²) in [7, 11) is 0. The summed E-state index contributed by atoms with van der Waals surface area (Å²) in [6.45, 7) is 0.703. The van der Waals surface area contributed by atoms with E-state index >= 15 is 0 Å². The van der Waals surface area contributed by atoms with Gasteiger partial charge in [-0.25, -0.2) is 0 Å². The minimum Gasteiger partial charge on any atom is -0.493 e. The van der Waals surface area contributed by atoms with E-state index in [-0.39, 0.29) is 12.7 Å². The van der Waals surface area contributed by atoms with Crippen LogP contribution in [0.4, 0.5) is 5.69 Å². The summed E-state index contributed by atoms with van der Waals surface area (Å²) in [5.74, 6) is 1.62. The minimum atomic E-state index is 0.160. The second kappa shape index (κ2) is 6.37. The van der Waals surface area contributed by atoms with E-state index in [4.69, 9.17) is 21.7 Å². The smallest absolute Gasteiger partial charge is 0.231 e. The van der Waals surface area contributed by atoms with Crippen LogP contribution in [-0.4, -0.2) is 22.7 Å². The summed E-state index contributed by atoms with van der Waals surface area (Å²) in [6.07, 6.45) is 3.75. The number of hydrogen-bond acceptors (Lipinski definition) is 6. The molecule has 2 aliphatic heterocycles. The third-order valence-corrected chi connectivity index (χ3v) is 5.90. The zero-order valence-corrected chi connectivity index (χ0v) is 15.7. The van der Waals surface area contributed by atoms with Crippen molar-refractivity contribution in [3.8, 4) is 17.4 Å². The van der Waals surface area contributed by atoms with E-state index in [1.807, 2.05) is 54.8 Å². The van der Waals surface area contributed by atoms with Crippen molar-refractivity contribution in [2.45, 2.75) is 6.54 Å². The lowest BCUT2D eigenvalue weighted by molar-refractivity contribution is 0.174. The molecule has 1 N–H and O–H groups in total. The maximum absolute atomic E-state index is 10.7. The van der Waals surface area contributed by atoms with Gasteiger partial charge in [0.2, 0.25) is 12.7 Å². The summed E-state index contributed by atoms with van der Waals surface area (Å²) in [6, 6.07) is 13.7. The minimum absolute atomic E-state index is 0.160. The largest absolute Gasteiger partial charge is 0.493 e. The molecule has 0 radical (unpaired) electrons. The zero-order valence-electron chi connectivity index (χ0n) is 14.1. The van der Waals surface area contributed by atoms with Gasteiger partial charge in [-0.15, -0.1) is 11.3 Å². The number of fused-ring (bicyclic) bond motifs is 2. The quantitative estimate of drug-likeness (QED) is 0.634. The number of rotatable bonds is 3. The first-order valence-electron chi connectivity index (χ1n) is 8.35. The first kappa shape index (κ1) is 16.3. The Morgan fingerprint density at radius 3 is 2.96 bits per heavy atom. The molecule has 0 aliphatic carbocycles. The van der Waals surface area contributed by atoms with Crippen LogP contribution >= 0.6 is 23.6 Å². The Hall–Kier alpha value is -2.90. The van der Waals surface area contributed by atoms with Crippen molar-refractivity contribution < 1.29 is 14.6 Å². The van der Waals surface area contributed by atoms with Gasteiger partial charge in [0.05, 0.1) is 17.1 Å². The predicted molar refractivity (Wildman–Crippen MR) is 109 cm³/mol. The Morgan fingerprint density at radius 2 is 2.04 bits per heavy atom. The second-order valence-electron chi connectivity index (χ2n) is 6.20. The highest BCUT2D eigenvalue weighted by atomic mass is 32.1. The molecule has 0 saturated heterocycles. The van der Waals surface area contributed by atoms with Crippen LogP contribution in [0.3, 0.4) is 0 Å². The topological polar surface area (TPSA) is 56.0 Å². The molecule has 0 spiro atoms. The highest BCUT2D eigenvalue weighted by Crippen LogP contribution is 2.37. The zero-order chi connectivity index (χ0) is 18.4. The molecule has 0 saturated carbocycles. The van der Waals surface area contributed by atoms with Crippen molar-refractivity contribution in [3.63, 3.8) is 0 Å². The summed E-state index contributed by atoms with van der Waals surface area (Å²) < 4.78 is 13.1. The lowest BCUT2D eigenvalue weighted by atomic mass is 10.1. The van der Waals surface area contributed by atoms with Gasteiger partial charge in [0.1, 0.15) is 0 Å². The Morgan fingerprint density at radius 1 is 1.19 bits per heavy atom. The molecule has 0 fully saturated rings. The highest BCUT2D eigenvalue weighted by Gasteiger charge is 2.17. The molecule has 0 amide bonds. The van der Waals surface area contributed by atoms with Crippen molar-refractivity contribution in [2.75, 3.05) is 6.79 Å². The molecule has 5 rings (SSSR count). The van der Waals surface area contributed by atoms with Crippen LogP contribution in [0.25, 0.3) is 11.6 Å². The first-order chi connectivity index (χ1) is 13.2. The molecule has 0 bridgehead atoms. The van der Waals surface area contributed by atoms with Gasteiger partial charge in [0.25, 0.3) is 0 Å². The number of thiazole rings is 1. The Bertz CT molecular complexity index is 1170. The monoisotopic (exact) mass is 394 g/mol. The van der Waals surface area contributed by atoms with E-state index in [0.717, 1.165) is 38.8 Å². The Kier molecular flexibility index (Phi) is 3.84. The maximum Gasteiger partial charge on any atom is 0.231 e. The van der Waals surface area contributed by atoms with Gasteiger partial charge in [-0.3, -0.25) is 9.56 Å². The molecular formula is C20H14N2O3S2. The maximum atomic E-state index is 10.7. The fourth-order valence-electron chi connectivity index (χ4n) is 3.16. The lowest BCUT2D eigenvalue weighted by Gasteiger charge is -2.06. The average Bonchev–Trinajstić information content (AvgIpc) is 3.37. The molecule has 0 unspecified atom stereocenters. The normalized spacial score (nSPS) is 15.5. The predicted octanol–water partition coefficient (Wildman–Crippen LogP) is 5.02. The molecular weight excluding hydrogens is 380 g/mol. The summed E-state index contributed by atoms with van der Waals surface area (Å²) >= 11 is 6.86. The van der Waals surface area contributed by atoms with E-state index < -0.39 is 0 Å². The number of hydrogen-bond donors (Lipinski definition) is 1. The van der Waals surface area contributed by atoms with E-state index in [9.17, 15) is 5.11 Å². The van der Waals surface area contributed by atoms with Gasteiger partial charge < -0.3 is 14.6 Å². The molecule has 7 heteroatoms. The van der Waals surface area contributed by atoms with Gasteiger partial charge in [-0.05, 0) is 42.1 Å². The molecule has 5 nitrogen and oxygen atoms in total. The molecule has 3 heterocycles. The Labute approximate surface area is 164 Å². The Balaban J connectivity index is 1.48. The van der Waals surface area contributed by atoms with E-state index in [1.165, 1.54) is 11.3 Å². The van der Waals surface area contributed by atoms with Gasteiger partial charge in [0, 0.05) is 17.4 Å². The SMILES string of the molecule is Oc1c(/C=C2\C=Nc3ccccc32)sc(=S)n1Cc1ccc2c(c1)OCO2. The van der Waals surface area contributed by atoms with Crippen molar-refractivity contribution in [1.29, 1.82) is 0 Å². The average molecular weight is 394 g/mol. The number of allylic oxidation sites excluding steroid dienone is 1. The van der Waals surface area contributed by atoms with Gasteiger partial charge in [-0.1, -0.05) is 24.3 Å². The number of benzene rings is 2. The number of aliphatic imine (C=N–C) groups is 1. The molecule has 3 aromatic rings. The fourth-order valence-corrected chi connectivity index (χ4v) is 4.42. The molecule has 1 aromatic heterocycles. The summed E-state index contributed by atoms with van der Waals surface area (Å²) in [5, 5.41) is 10.7. The van der Waals surface area contributed by atoms with Crippen molar-refractivity contribution >= 4 is 47.1 Å². The summed E-state index contributed by atoms with van der Waals surface area (Å²) in [4.78, 5) is 5.13. The van der Waals surface area contributed by atoms with Gasteiger partial charge in [0.15, 0.2) is 15.5 Å². The number of aromatic nitrogens is 1. The number of para-hydroxylation sites is 1. The number of nitrogens with zero attached hydrogens (tertiary/aromatic N) is 2. The van der Waals surface area contributed by atoms with Crippen molar-refractivity contribution in [1.82, 2.24) is 4.57 Å². The second-order valence-corrected chi connectivity index (χ2v) is 7.88. The number of aromatic hydroxyl groups is 1. The van der Waals surface area contributed by atoms with Crippen LogP contribution in [0.1, 0.15) is 16.0 Å². The molecule has 134 valence electrons. The van der Waals surface area contributed by atoms with Crippen LogP contribution in [-0.2, 0) is 6.54 Å². The molecule has 2 aromatic carbocycles. The third kappa shape index (κ3) is 2.85. The van der Waals surface area contributed by atoms with Crippen LogP contribution in [0, 0.1) is 3.95 Å². The highest BCUT2D eigenvalue weighted by molar-refractivity contribution is 7.73. The van der Waals surface area contributed by atoms with E-state index in [2.05, 4.69) is 4.99 Å². The van der Waals surface area contributed by atoms with E-state index in [0.29, 0.717) is 10.5 Å². The standard InChI is InChI=1S/C20H14N2O3S2/c23-19-18(8-13-9-21-15-4-2-1-3-14(13)15)27-20(26)22(19)10-12-5-6-16-17(7-12)25-11-24-16/h1-9,23H,10-11H2/b13-8+. The van der Waals surface area contributed by atoms with Crippen LogP contribution in [0.5, 0.6) is 17.4 Å². The van der Waals surface area contributed by atoms with Crippen LogP contribution in [0.2, 0.25) is 0 Å². The van der Waals surface area contributed by atoms with Crippen molar-refractivity contribution in [2.24, 2.45) is 4.99 Å². The van der Waals surface area contributed by atoms with Crippen LogP contribution < -0.4 is 9.47 Å². The summed E-state index contributed by atoms with van der Waals surface area (Å²) in [5.41, 5.74) is 3.94. The van der Waals surface area contributed by atoms with E-state index in [1.54, 1.807) is 4.57 Å². The first-order valence-corrected chi connectivity index (χ1v) is 9.58. The van der Waals surface area contributed by atoms with Gasteiger partial charge in [-0.2, -0.15) is 0 Å². The van der Waals surface area contributed by atoms with Crippen LogP contribution in [0.15, 0.2) is 47.5 Å². The van der Waals surface area contributed by atoms with Gasteiger partial charge >= 0.3 is 0 Å². The molecule has 27 heavy (non-hydrogen) atoms. The van der Waals surface area contributed by atoms with Crippen molar-refractivity contribution in [3.05, 3.63) is 62.4 Å². The lowest BCUT2D eigenvalue weighted by Crippen LogP contribution is -1.99. The molecule has 0 atom stereocenters. The number of ether oxygens (including phenoxy) is 2. The third-order valence-electron chi connectivity index (χ3n) is 4.52.